The summed E-state index contributed by atoms with van der Waals surface area (Å²) in [5, 5.41) is 4.62. The molecule has 0 spiro atoms. The van der Waals surface area contributed by atoms with Crippen LogP contribution in [0, 0.1) is 11.8 Å². The second-order valence-electron chi connectivity index (χ2n) is 6.10. The Balaban J connectivity index is 1.65. The lowest BCUT2D eigenvalue weighted by atomic mass is 9.69. The van der Waals surface area contributed by atoms with Crippen LogP contribution in [0.25, 0.3) is 0 Å². The molecule has 0 aromatic heterocycles. The second kappa shape index (κ2) is 7.04. The van der Waals surface area contributed by atoms with Crippen LogP contribution >= 0.6 is 11.8 Å². The fourth-order valence-corrected chi connectivity index (χ4v) is 4.02. The highest BCUT2D eigenvalue weighted by Gasteiger charge is 2.31. The molecule has 2 saturated carbocycles. The van der Waals surface area contributed by atoms with Crippen LogP contribution < -0.4 is 5.32 Å². The molecule has 0 aromatic rings. The highest BCUT2D eigenvalue weighted by Crippen LogP contribution is 2.40. The van der Waals surface area contributed by atoms with Crippen molar-refractivity contribution < 1.29 is 0 Å². The van der Waals surface area contributed by atoms with Gasteiger partial charge in [0.15, 0.2) is 0 Å². The number of fused-ring (bicyclic) bond motifs is 1. The molecule has 4 atom stereocenters. The van der Waals surface area contributed by atoms with Crippen LogP contribution in [0.3, 0.4) is 0 Å². The molecule has 0 aliphatic heterocycles. The van der Waals surface area contributed by atoms with Gasteiger partial charge in [-0.05, 0) is 50.3 Å². The van der Waals surface area contributed by atoms with Crippen LogP contribution in [0.1, 0.15) is 58.3 Å². The summed E-state index contributed by atoms with van der Waals surface area (Å²) in [5.41, 5.74) is 0. The van der Waals surface area contributed by atoms with Gasteiger partial charge in [-0.25, -0.2) is 0 Å². The third-order valence-corrected chi connectivity index (χ3v) is 5.97. The van der Waals surface area contributed by atoms with Gasteiger partial charge in [-0.3, -0.25) is 0 Å². The van der Waals surface area contributed by atoms with E-state index in [0.29, 0.717) is 0 Å². The SMILES string of the molecule is CSC(C)CCNC1CCC2CCCCC2C1. The smallest absolute Gasteiger partial charge is 0.00699 e. The Morgan fingerprint density at radius 3 is 2.65 bits per heavy atom. The molecule has 0 radical (unpaired) electrons. The zero-order valence-electron chi connectivity index (χ0n) is 11.6. The van der Waals surface area contributed by atoms with E-state index in [1.165, 1.54) is 57.9 Å². The molecular weight excluding hydrogens is 226 g/mol. The minimum atomic E-state index is 0.813. The fourth-order valence-electron chi connectivity index (χ4n) is 3.67. The van der Waals surface area contributed by atoms with Gasteiger partial charge in [-0.15, -0.1) is 0 Å². The monoisotopic (exact) mass is 255 g/mol. The third kappa shape index (κ3) is 4.17. The average molecular weight is 255 g/mol. The maximum absolute atomic E-state index is 3.81. The number of rotatable bonds is 5. The van der Waals surface area contributed by atoms with Gasteiger partial charge in [0.05, 0.1) is 0 Å². The fraction of sp³-hybridized carbons (Fsp3) is 1.00. The Morgan fingerprint density at radius 1 is 1.12 bits per heavy atom. The van der Waals surface area contributed by atoms with Crippen LogP contribution in [0.15, 0.2) is 0 Å². The van der Waals surface area contributed by atoms with Gasteiger partial charge in [0, 0.05) is 11.3 Å². The van der Waals surface area contributed by atoms with E-state index < -0.39 is 0 Å². The Morgan fingerprint density at radius 2 is 1.88 bits per heavy atom. The molecule has 17 heavy (non-hydrogen) atoms. The molecule has 4 unspecified atom stereocenters. The molecule has 2 heteroatoms. The van der Waals surface area contributed by atoms with Gasteiger partial charge in [0.1, 0.15) is 0 Å². The van der Waals surface area contributed by atoms with Gasteiger partial charge in [-0.1, -0.05) is 32.6 Å². The lowest BCUT2D eigenvalue weighted by Crippen LogP contribution is -2.39. The van der Waals surface area contributed by atoms with Crippen LogP contribution in [-0.4, -0.2) is 24.1 Å². The van der Waals surface area contributed by atoms with Crippen molar-refractivity contribution in [2.45, 2.75) is 69.6 Å². The molecule has 0 saturated heterocycles. The maximum atomic E-state index is 3.81. The van der Waals surface area contributed by atoms with Crippen molar-refractivity contribution in [2.24, 2.45) is 11.8 Å². The summed E-state index contributed by atoms with van der Waals surface area (Å²) in [6, 6.07) is 0.836. The Bertz CT molecular complexity index is 219. The van der Waals surface area contributed by atoms with Gasteiger partial charge < -0.3 is 5.32 Å². The van der Waals surface area contributed by atoms with Crippen LogP contribution in [0.2, 0.25) is 0 Å². The van der Waals surface area contributed by atoms with E-state index in [1.54, 1.807) is 0 Å². The average Bonchev–Trinajstić information content (AvgIpc) is 2.38. The normalized spacial score (nSPS) is 35.3. The van der Waals surface area contributed by atoms with E-state index in [2.05, 4.69) is 18.5 Å². The number of nitrogens with one attached hydrogen (secondary N) is 1. The van der Waals surface area contributed by atoms with E-state index in [4.69, 9.17) is 0 Å². The van der Waals surface area contributed by atoms with Crippen LogP contribution in [0.5, 0.6) is 0 Å². The first-order valence-electron chi connectivity index (χ1n) is 7.55. The minimum absolute atomic E-state index is 0.813. The van der Waals surface area contributed by atoms with Crippen molar-refractivity contribution in [3.05, 3.63) is 0 Å². The first kappa shape index (κ1) is 13.7. The Labute approximate surface area is 112 Å². The molecule has 2 aliphatic carbocycles. The largest absolute Gasteiger partial charge is 0.314 e. The Kier molecular flexibility index (Phi) is 5.68. The Hall–Kier alpha value is 0.310. The summed E-state index contributed by atoms with van der Waals surface area (Å²) in [6.07, 6.45) is 14.0. The van der Waals surface area contributed by atoms with E-state index in [1.807, 2.05) is 11.8 Å². The predicted octanol–water partition coefficient (Wildman–Crippen LogP) is 4.08. The molecule has 100 valence electrons. The topological polar surface area (TPSA) is 12.0 Å². The van der Waals surface area contributed by atoms with Crippen molar-refractivity contribution in [1.29, 1.82) is 0 Å². The van der Waals surface area contributed by atoms with E-state index in [0.717, 1.165) is 23.1 Å². The number of thioether (sulfide) groups is 1. The van der Waals surface area contributed by atoms with Crippen LogP contribution in [-0.2, 0) is 0 Å². The van der Waals surface area contributed by atoms with Crippen LogP contribution in [0.4, 0.5) is 0 Å². The predicted molar refractivity (Wildman–Crippen MR) is 78.7 cm³/mol. The summed E-state index contributed by atoms with van der Waals surface area (Å²) in [7, 11) is 0. The first-order valence-corrected chi connectivity index (χ1v) is 8.84. The molecule has 1 N–H and O–H groups in total. The molecule has 0 heterocycles. The molecule has 2 fully saturated rings. The maximum Gasteiger partial charge on any atom is 0.00699 e. The molecule has 2 aliphatic rings. The summed E-state index contributed by atoms with van der Waals surface area (Å²) in [4.78, 5) is 0. The standard InChI is InChI=1S/C15H29NS/c1-12(17-2)9-10-16-15-8-7-13-5-3-4-6-14(13)11-15/h12-16H,3-11H2,1-2H3. The first-order chi connectivity index (χ1) is 8.29. The lowest BCUT2D eigenvalue weighted by molar-refractivity contribution is 0.144. The van der Waals surface area contributed by atoms with E-state index in [9.17, 15) is 0 Å². The zero-order chi connectivity index (χ0) is 12.1. The molecule has 0 aromatic carbocycles. The van der Waals surface area contributed by atoms with Gasteiger partial charge >= 0.3 is 0 Å². The van der Waals surface area contributed by atoms with Gasteiger partial charge in [0.25, 0.3) is 0 Å². The zero-order valence-corrected chi connectivity index (χ0v) is 12.4. The minimum Gasteiger partial charge on any atom is -0.314 e. The summed E-state index contributed by atoms with van der Waals surface area (Å²) in [6.45, 7) is 3.56. The molecular formula is C15H29NS. The van der Waals surface area contributed by atoms with Crippen molar-refractivity contribution in [3.63, 3.8) is 0 Å². The van der Waals surface area contributed by atoms with E-state index in [-0.39, 0.29) is 0 Å². The van der Waals surface area contributed by atoms with Crippen molar-refractivity contribution in [2.75, 3.05) is 12.8 Å². The number of hydrogen-bond acceptors (Lipinski definition) is 2. The second-order valence-corrected chi connectivity index (χ2v) is 7.38. The van der Waals surface area contributed by atoms with Crippen molar-refractivity contribution in [1.82, 2.24) is 5.32 Å². The molecule has 1 nitrogen and oxygen atoms in total. The molecule has 0 bridgehead atoms. The number of hydrogen-bond donors (Lipinski definition) is 1. The van der Waals surface area contributed by atoms with Crippen molar-refractivity contribution in [3.8, 4) is 0 Å². The highest BCUT2D eigenvalue weighted by molar-refractivity contribution is 7.99. The van der Waals surface area contributed by atoms with Gasteiger partial charge in [-0.2, -0.15) is 11.8 Å². The lowest BCUT2D eigenvalue weighted by Gasteiger charge is -2.39. The summed E-state index contributed by atoms with van der Waals surface area (Å²) in [5.74, 6) is 2.15. The van der Waals surface area contributed by atoms with E-state index >= 15 is 0 Å². The highest BCUT2D eigenvalue weighted by atomic mass is 32.2. The molecule has 0 amide bonds. The van der Waals surface area contributed by atoms with Crippen molar-refractivity contribution >= 4 is 11.8 Å². The molecule has 2 rings (SSSR count). The van der Waals surface area contributed by atoms with Gasteiger partial charge in [0.2, 0.25) is 0 Å². The quantitative estimate of drug-likeness (QED) is 0.794. The summed E-state index contributed by atoms with van der Waals surface area (Å²) >= 11 is 1.99. The third-order valence-electron chi connectivity index (χ3n) is 4.93. The summed E-state index contributed by atoms with van der Waals surface area (Å²) < 4.78 is 0.